The molecule has 1 aliphatic carbocycles. The molecule has 0 radical (unpaired) electrons. The summed E-state index contributed by atoms with van der Waals surface area (Å²) in [6.07, 6.45) is 3.27. The molecule has 3 atom stereocenters. The van der Waals surface area contributed by atoms with Gasteiger partial charge in [0.05, 0.1) is 6.04 Å². The van der Waals surface area contributed by atoms with Crippen LogP contribution in [-0.4, -0.2) is 23.1 Å². The van der Waals surface area contributed by atoms with Crippen LogP contribution in [0.4, 0.5) is 0 Å². The average Bonchev–Trinajstić information content (AvgIpc) is 3.56. The Labute approximate surface area is 203 Å². The molecule has 3 aromatic carbocycles. The molecular formula is C30H34N2O2. The largest absolute Gasteiger partial charge is 0.489 e. The van der Waals surface area contributed by atoms with E-state index >= 15 is 0 Å². The van der Waals surface area contributed by atoms with Crippen molar-refractivity contribution in [2.24, 2.45) is 10.9 Å². The van der Waals surface area contributed by atoms with Gasteiger partial charge in [-0.3, -0.25) is 9.79 Å². The van der Waals surface area contributed by atoms with Crippen molar-refractivity contribution in [1.29, 1.82) is 0 Å². The number of hydrogen-bond acceptors (Lipinski definition) is 3. The van der Waals surface area contributed by atoms with E-state index in [4.69, 9.17) is 9.73 Å². The van der Waals surface area contributed by atoms with E-state index in [1.165, 1.54) is 6.42 Å². The van der Waals surface area contributed by atoms with Gasteiger partial charge in [0.2, 0.25) is 5.91 Å². The number of ether oxygens (including phenoxy) is 1. The fourth-order valence-electron chi connectivity index (χ4n) is 4.10. The predicted molar refractivity (Wildman–Crippen MR) is 138 cm³/mol. The summed E-state index contributed by atoms with van der Waals surface area (Å²) in [5.74, 6) is 1.88. The van der Waals surface area contributed by atoms with E-state index in [0.29, 0.717) is 31.7 Å². The Balaban J connectivity index is 1.40. The molecule has 3 unspecified atom stereocenters. The van der Waals surface area contributed by atoms with Crippen molar-refractivity contribution >= 4 is 12.1 Å². The minimum absolute atomic E-state index is 0.0654. The normalized spacial score (nSPS) is 18.0. The smallest absolute Gasteiger partial charge is 0.220 e. The predicted octanol–water partition coefficient (Wildman–Crippen LogP) is 6.40. The molecule has 1 saturated carbocycles. The average molecular weight is 455 g/mol. The lowest BCUT2D eigenvalue weighted by Gasteiger charge is -2.22. The van der Waals surface area contributed by atoms with Gasteiger partial charge in [-0.25, -0.2) is 0 Å². The van der Waals surface area contributed by atoms with Gasteiger partial charge in [0.15, 0.2) is 0 Å². The van der Waals surface area contributed by atoms with Crippen molar-refractivity contribution in [2.45, 2.75) is 58.8 Å². The molecule has 0 N–H and O–H groups in total. The van der Waals surface area contributed by atoms with E-state index in [0.717, 1.165) is 28.0 Å². The third-order valence-corrected chi connectivity index (χ3v) is 6.40. The molecule has 0 saturated heterocycles. The van der Waals surface area contributed by atoms with E-state index in [2.05, 4.69) is 62.5 Å². The van der Waals surface area contributed by atoms with Crippen LogP contribution < -0.4 is 4.74 Å². The van der Waals surface area contributed by atoms with Crippen LogP contribution in [0.3, 0.4) is 0 Å². The second-order valence-electron chi connectivity index (χ2n) is 9.37. The number of benzene rings is 3. The lowest BCUT2D eigenvalue weighted by atomic mass is 10.0. The Morgan fingerprint density at radius 3 is 2.38 bits per heavy atom. The second-order valence-corrected chi connectivity index (χ2v) is 9.37. The first-order chi connectivity index (χ1) is 16.5. The summed E-state index contributed by atoms with van der Waals surface area (Å²) in [4.78, 5) is 18.8. The van der Waals surface area contributed by atoms with Crippen LogP contribution in [0.25, 0.3) is 0 Å². The SMILES string of the molecule is CC(=O)N(Cc1ccccc1)Cc1cccc(COc2ccccc2C(C)C=NC2CC2C)c1. The van der Waals surface area contributed by atoms with Crippen molar-refractivity contribution in [3.05, 3.63) is 101 Å². The van der Waals surface area contributed by atoms with Crippen LogP contribution in [0.2, 0.25) is 0 Å². The van der Waals surface area contributed by atoms with E-state index in [-0.39, 0.29) is 11.8 Å². The highest BCUT2D eigenvalue weighted by molar-refractivity contribution is 5.73. The maximum absolute atomic E-state index is 12.3. The van der Waals surface area contributed by atoms with Crippen LogP contribution in [0, 0.1) is 5.92 Å². The lowest BCUT2D eigenvalue weighted by molar-refractivity contribution is -0.130. The number of carbonyl (C=O) groups excluding carboxylic acids is 1. The van der Waals surface area contributed by atoms with Crippen molar-refractivity contribution in [3.8, 4) is 5.75 Å². The highest BCUT2D eigenvalue weighted by Crippen LogP contribution is 2.33. The Morgan fingerprint density at radius 1 is 1.00 bits per heavy atom. The zero-order chi connectivity index (χ0) is 23.9. The Bertz CT molecular complexity index is 1130. The summed E-state index contributed by atoms with van der Waals surface area (Å²) in [5, 5.41) is 0. The number of hydrogen-bond donors (Lipinski definition) is 0. The first-order valence-electron chi connectivity index (χ1n) is 12.1. The van der Waals surface area contributed by atoms with Crippen LogP contribution in [0.5, 0.6) is 5.75 Å². The fraction of sp³-hybridized carbons (Fsp3) is 0.333. The van der Waals surface area contributed by atoms with Crippen molar-refractivity contribution < 1.29 is 9.53 Å². The first kappa shape index (κ1) is 23.7. The number of para-hydroxylation sites is 1. The van der Waals surface area contributed by atoms with Gasteiger partial charge >= 0.3 is 0 Å². The number of amides is 1. The Kier molecular flexibility index (Phi) is 7.79. The van der Waals surface area contributed by atoms with Gasteiger partial charge in [-0.1, -0.05) is 86.6 Å². The molecule has 1 fully saturated rings. The molecule has 34 heavy (non-hydrogen) atoms. The molecule has 1 aliphatic rings. The van der Waals surface area contributed by atoms with Gasteiger partial charge in [-0.05, 0) is 35.1 Å². The topological polar surface area (TPSA) is 41.9 Å². The summed E-state index contributed by atoms with van der Waals surface area (Å²) in [5.41, 5.74) is 4.46. The highest BCUT2D eigenvalue weighted by Gasteiger charge is 2.31. The molecule has 176 valence electrons. The molecule has 4 rings (SSSR count). The van der Waals surface area contributed by atoms with E-state index in [1.807, 2.05) is 41.3 Å². The molecule has 0 aromatic heterocycles. The molecule has 0 bridgehead atoms. The lowest BCUT2D eigenvalue weighted by Crippen LogP contribution is -2.27. The molecular weight excluding hydrogens is 420 g/mol. The van der Waals surface area contributed by atoms with Crippen molar-refractivity contribution in [1.82, 2.24) is 4.90 Å². The third-order valence-electron chi connectivity index (χ3n) is 6.40. The molecule has 1 amide bonds. The van der Waals surface area contributed by atoms with Gasteiger partial charge in [0.25, 0.3) is 0 Å². The fourth-order valence-corrected chi connectivity index (χ4v) is 4.10. The number of aliphatic imine (C=N–C) groups is 1. The quantitative estimate of drug-likeness (QED) is 0.333. The van der Waals surface area contributed by atoms with E-state index in [9.17, 15) is 4.79 Å². The molecule has 4 heteroatoms. The Hall–Kier alpha value is -3.40. The maximum Gasteiger partial charge on any atom is 0.220 e. The third kappa shape index (κ3) is 6.57. The summed E-state index contributed by atoms with van der Waals surface area (Å²) < 4.78 is 6.25. The van der Waals surface area contributed by atoms with Crippen LogP contribution in [-0.2, 0) is 24.5 Å². The monoisotopic (exact) mass is 454 g/mol. The first-order valence-corrected chi connectivity index (χ1v) is 12.1. The van der Waals surface area contributed by atoms with E-state index < -0.39 is 0 Å². The zero-order valence-corrected chi connectivity index (χ0v) is 20.4. The van der Waals surface area contributed by atoms with Gasteiger partial charge in [0, 0.05) is 37.7 Å². The highest BCUT2D eigenvalue weighted by atomic mass is 16.5. The number of nitrogens with zero attached hydrogens (tertiary/aromatic N) is 2. The van der Waals surface area contributed by atoms with Gasteiger partial charge < -0.3 is 9.64 Å². The molecule has 0 spiro atoms. The minimum Gasteiger partial charge on any atom is -0.489 e. The van der Waals surface area contributed by atoms with Gasteiger partial charge in [-0.2, -0.15) is 0 Å². The van der Waals surface area contributed by atoms with Crippen molar-refractivity contribution in [3.63, 3.8) is 0 Å². The molecule has 0 heterocycles. The summed E-state index contributed by atoms with van der Waals surface area (Å²) in [7, 11) is 0. The van der Waals surface area contributed by atoms with E-state index in [1.54, 1.807) is 6.92 Å². The summed E-state index contributed by atoms with van der Waals surface area (Å²) in [6.45, 7) is 7.69. The number of carbonyl (C=O) groups is 1. The van der Waals surface area contributed by atoms with Crippen LogP contribution in [0.1, 0.15) is 55.4 Å². The zero-order valence-electron chi connectivity index (χ0n) is 20.4. The summed E-state index contributed by atoms with van der Waals surface area (Å²) >= 11 is 0. The van der Waals surface area contributed by atoms with Crippen molar-refractivity contribution in [2.75, 3.05) is 0 Å². The second kappa shape index (κ2) is 11.1. The Morgan fingerprint density at radius 2 is 1.65 bits per heavy atom. The standard InChI is InChI=1S/C30H34N2O2/c1-22-16-29(22)31-18-23(2)28-14-7-8-15-30(28)34-21-27-13-9-12-26(17-27)20-32(24(3)33)19-25-10-5-4-6-11-25/h4-15,17-18,22-23,29H,16,19-21H2,1-3H3. The summed E-state index contributed by atoms with van der Waals surface area (Å²) in [6, 6.07) is 27.1. The maximum atomic E-state index is 12.3. The molecule has 4 nitrogen and oxygen atoms in total. The van der Waals surface area contributed by atoms with Crippen LogP contribution in [0.15, 0.2) is 83.9 Å². The van der Waals surface area contributed by atoms with Gasteiger partial charge in [0.1, 0.15) is 12.4 Å². The van der Waals surface area contributed by atoms with Crippen LogP contribution >= 0.6 is 0 Å². The number of rotatable bonds is 10. The minimum atomic E-state index is 0.0654. The molecule has 0 aliphatic heterocycles. The van der Waals surface area contributed by atoms with Gasteiger partial charge in [-0.15, -0.1) is 0 Å². The molecule has 3 aromatic rings.